The van der Waals surface area contributed by atoms with Gasteiger partial charge in [0.2, 0.25) is 10.0 Å². The Balaban J connectivity index is 2.25. The van der Waals surface area contributed by atoms with Gasteiger partial charge in [-0.2, -0.15) is 5.26 Å². The molecule has 1 unspecified atom stereocenters. The molecule has 0 radical (unpaired) electrons. The number of pyridine rings is 1. The SMILES string of the molecule is N#Cc1ncccc1S(=O)(=O)NC1CC=CCC1. The summed E-state index contributed by atoms with van der Waals surface area (Å²) in [5.74, 6) is 0. The molecule has 94 valence electrons. The van der Waals surface area contributed by atoms with Gasteiger partial charge in [0.05, 0.1) is 0 Å². The lowest BCUT2D eigenvalue weighted by atomic mass is 10.0. The van der Waals surface area contributed by atoms with Gasteiger partial charge in [-0.05, 0) is 31.4 Å². The first-order valence-electron chi connectivity index (χ1n) is 5.66. The van der Waals surface area contributed by atoms with Gasteiger partial charge in [0.25, 0.3) is 0 Å². The van der Waals surface area contributed by atoms with Crippen LogP contribution in [0.25, 0.3) is 0 Å². The fraction of sp³-hybridized carbons (Fsp3) is 0.333. The molecule has 1 aromatic heterocycles. The minimum absolute atomic E-state index is 0.0537. The van der Waals surface area contributed by atoms with Crippen molar-refractivity contribution in [3.8, 4) is 6.07 Å². The van der Waals surface area contributed by atoms with Gasteiger partial charge in [0.1, 0.15) is 11.0 Å². The van der Waals surface area contributed by atoms with Crippen LogP contribution in [0.5, 0.6) is 0 Å². The summed E-state index contributed by atoms with van der Waals surface area (Å²) >= 11 is 0. The topological polar surface area (TPSA) is 82.8 Å². The summed E-state index contributed by atoms with van der Waals surface area (Å²) in [6, 6.07) is 4.60. The van der Waals surface area contributed by atoms with Gasteiger partial charge < -0.3 is 0 Å². The van der Waals surface area contributed by atoms with Crippen LogP contribution >= 0.6 is 0 Å². The first kappa shape index (κ1) is 12.7. The molecule has 0 bridgehead atoms. The Morgan fingerprint density at radius 3 is 2.94 bits per heavy atom. The number of allylic oxidation sites excluding steroid dienone is 1. The third-order valence-corrected chi connectivity index (χ3v) is 4.31. The minimum Gasteiger partial charge on any atom is -0.244 e. The monoisotopic (exact) mass is 263 g/mol. The number of hydrogen-bond acceptors (Lipinski definition) is 4. The summed E-state index contributed by atoms with van der Waals surface area (Å²) in [6.45, 7) is 0. The maximum Gasteiger partial charge on any atom is 0.243 e. The maximum atomic E-state index is 12.2. The highest BCUT2D eigenvalue weighted by Crippen LogP contribution is 2.16. The molecule has 1 aromatic rings. The molecule has 1 aliphatic carbocycles. The molecular formula is C12H13N3O2S. The van der Waals surface area contributed by atoms with Crippen molar-refractivity contribution in [1.29, 1.82) is 5.26 Å². The molecule has 18 heavy (non-hydrogen) atoms. The van der Waals surface area contributed by atoms with Crippen molar-refractivity contribution in [2.75, 3.05) is 0 Å². The third kappa shape index (κ3) is 2.75. The Hall–Kier alpha value is -1.71. The molecule has 6 heteroatoms. The number of nitrogens with zero attached hydrogens (tertiary/aromatic N) is 2. The summed E-state index contributed by atoms with van der Waals surface area (Å²) in [4.78, 5) is 3.71. The first-order chi connectivity index (χ1) is 8.63. The van der Waals surface area contributed by atoms with Crippen molar-refractivity contribution in [3.05, 3.63) is 36.2 Å². The number of hydrogen-bond donors (Lipinski definition) is 1. The predicted molar refractivity (Wildman–Crippen MR) is 66.1 cm³/mol. The molecule has 1 heterocycles. The second-order valence-electron chi connectivity index (χ2n) is 4.06. The Bertz CT molecular complexity index is 602. The normalized spacial score (nSPS) is 19.4. The zero-order valence-corrected chi connectivity index (χ0v) is 10.5. The quantitative estimate of drug-likeness (QED) is 0.834. The number of nitrogens with one attached hydrogen (secondary N) is 1. The van der Waals surface area contributed by atoms with Crippen LogP contribution in [0.15, 0.2) is 35.4 Å². The molecule has 1 aliphatic rings. The molecule has 0 saturated heterocycles. The maximum absolute atomic E-state index is 12.2. The van der Waals surface area contributed by atoms with Gasteiger partial charge >= 0.3 is 0 Å². The van der Waals surface area contributed by atoms with Gasteiger partial charge in [-0.15, -0.1) is 0 Å². The molecule has 0 amide bonds. The van der Waals surface area contributed by atoms with E-state index in [1.807, 2.05) is 12.2 Å². The van der Waals surface area contributed by atoms with E-state index >= 15 is 0 Å². The standard InChI is InChI=1S/C12H13N3O2S/c13-9-11-12(7-4-8-14-11)18(16,17)15-10-5-2-1-3-6-10/h1-2,4,7-8,10,15H,3,5-6H2. The molecule has 1 N–H and O–H groups in total. The van der Waals surface area contributed by atoms with Crippen LogP contribution in [-0.2, 0) is 10.0 Å². The summed E-state index contributed by atoms with van der Waals surface area (Å²) in [6.07, 6.45) is 7.73. The van der Waals surface area contributed by atoms with E-state index in [1.165, 1.54) is 18.3 Å². The second kappa shape index (κ2) is 5.29. The summed E-state index contributed by atoms with van der Waals surface area (Å²) in [5, 5.41) is 8.87. The average molecular weight is 263 g/mol. The van der Waals surface area contributed by atoms with Crippen LogP contribution in [0.2, 0.25) is 0 Å². The zero-order chi connectivity index (χ0) is 13.0. The smallest absolute Gasteiger partial charge is 0.243 e. The van der Waals surface area contributed by atoms with E-state index in [0.717, 1.165) is 12.8 Å². The molecule has 2 rings (SSSR count). The van der Waals surface area contributed by atoms with Crippen LogP contribution in [0.1, 0.15) is 25.0 Å². The van der Waals surface area contributed by atoms with E-state index in [-0.39, 0.29) is 16.6 Å². The first-order valence-corrected chi connectivity index (χ1v) is 7.14. The lowest BCUT2D eigenvalue weighted by molar-refractivity contribution is 0.522. The van der Waals surface area contributed by atoms with E-state index < -0.39 is 10.0 Å². The molecule has 0 spiro atoms. The Kier molecular flexibility index (Phi) is 3.75. The van der Waals surface area contributed by atoms with Crippen LogP contribution in [0.3, 0.4) is 0 Å². The Morgan fingerprint density at radius 1 is 1.44 bits per heavy atom. The zero-order valence-electron chi connectivity index (χ0n) is 9.70. The highest BCUT2D eigenvalue weighted by atomic mass is 32.2. The highest BCUT2D eigenvalue weighted by molar-refractivity contribution is 7.89. The van der Waals surface area contributed by atoms with Crippen molar-refractivity contribution >= 4 is 10.0 Å². The molecule has 0 saturated carbocycles. The molecule has 0 aliphatic heterocycles. The summed E-state index contributed by atoms with van der Waals surface area (Å²) < 4.78 is 26.9. The Morgan fingerprint density at radius 2 is 2.28 bits per heavy atom. The molecule has 5 nitrogen and oxygen atoms in total. The van der Waals surface area contributed by atoms with E-state index in [0.29, 0.717) is 6.42 Å². The summed E-state index contributed by atoms with van der Waals surface area (Å²) in [5.41, 5.74) is -0.0728. The predicted octanol–water partition coefficient (Wildman–Crippen LogP) is 1.34. The largest absolute Gasteiger partial charge is 0.244 e. The van der Waals surface area contributed by atoms with Crippen molar-refractivity contribution in [3.63, 3.8) is 0 Å². The van der Waals surface area contributed by atoms with E-state index in [2.05, 4.69) is 9.71 Å². The number of sulfonamides is 1. The van der Waals surface area contributed by atoms with Crippen molar-refractivity contribution < 1.29 is 8.42 Å². The lowest BCUT2D eigenvalue weighted by Gasteiger charge is -2.19. The van der Waals surface area contributed by atoms with Crippen LogP contribution in [0.4, 0.5) is 0 Å². The molecular weight excluding hydrogens is 250 g/mol. The summed E-state index contributed by atoms with van der Waals surface area (Å²) in [7, 11) is -3.67. The molecule has 1 atom stereocenters. The fourth-order valence-corrected chi connectivity index (χ4v) is 3.27. The number of nitriles is 1. The number of rotatable bonds is 3. The van der Waals surface area contributed by atoms with Crippen LogP contribution in [0, 0.1) is 11.3 Å². The van der Waals surface area contributed by atoms with Crippen LogP contribution < -0.4 is 4.72 Å². The second-order valence-corrected chi connectivity index (χ2v) is 5.75. The van der Waals surface area contributed by atoms with Gasteiger partial charge in [-0.1, -0.05) is 12.2 Å². The van der Waals surface area contributed by atoms with E-state index in [4.69, 9.17) is 5.26 Å². The molecule has 0 aromatic carbocycles. The highest BCUT2D eigenvalue weighted by Gasteiger charge is 2.23. The van der Waals surface area contributed by atoms with Crippen molar-refractivity contribution in [2.24, 2.45) is 0 Å². The molecule has 0 fully saturated rings. The Labute approximate surface area is 106 Å². The third-order valence-electron chi connectivity index (χ3n) is 2.76. The minimum atomic E-state index is -3.67. The van der Waals surface area contributed by atoms with Crippen molar-refractivity contribution in [2.45, 2.75) is 30.2 Å². The fourth-order valence-electron chi connectivity index (χ4n) is 1.87. The van der Waals surface area contributed by atoms with Gasteiger partial charge in [0.15, 0.2) is 5.69 Å². The average Bonchev–Trinajstić information content (AvgIpc) is 2.39. The van der Waals surface area contributed by atoms with Gasteiger partial charge in [-0.3, -0.25) is 0 Å². The lowest BCUT2D eigenvalue weighted by Crippen LogP contribution is -2.35. The van der Waals surface area contributed by atoms with Crippen molar-refractivity contribution in [1.82, 2.24) is 9.71 Å². The number of aromatic nitrogens is 1. The van der Waals surface area contributed by atoms with Crippen LogP contribution in [-0.4, -0.2) is 19.4 Å². The van der Waals surface area contributed by atoms with E-state index in [1.54, 1.807) is 6.07 Å². The van der Waals surface area contributed by atoms with Gasteiger partial charge in [0, 0.05) is 12.2 Å². The van der Waals surface area contributed by atoms with Gasteiger partial charge in [-0.25, -0.2) is 18.1 Å². The van der Waals surface area contributed by atoms with E-state index in [9.17, 15) is 8.42 Å².